The van der Waals surface area contributed by atoms with Gasteiger partial charge in [-0.15, -0.1) is 11.8 Å². The molecular formula is C21H24O4S. The van der Waals surface area contributed by atoms with Crippen LogP contribution in [0, 0.1) is 13.8 Å². The molecule has 4 nitrogen and oxygen atoms in total. The molecule has 0 heterocycles. The predicted molar refractivity (Wildman–Crippen MR) is 105 cm³/mol. The molecule has 1 N–H and O–H groups in total. The van der Waals surface area contributed by atoms with Crippen molar-refractivity contribution in [1.29, 1.82) is 0 Å². The third-order valence-electron chi connectivity index (χ3n) is 3.78. The first-order valence-electron chi connectivity index (χ1n) is 8.39. The second-order valence-corrected chi connectivity index (χ2v) is 7.00. The molecule has 0 aliphatic heterocycles. The van der Waals surface area contributed by atoms with E-state index in [0.717, 1.165) is 22.0 Å². The first-order chi connectivity index (χ1) is 12.5. The van der Waals surface area contributed by atoms with Crippen LogP contribution in [-0.4, -0.2) is 30.0 Å². The lowest BCUT2D eigenvalue weighted by Crippen LogP contribution is -2.10. The summed E-state index contributed by atoms with van der Waals surface area (Å²) in [4.78, 5) is 11.7. The van der Waals surface area contributed by atoms with Crippen LogP contribution in [0.15, 0.2) is 59.0 Å². The maximum absolute atomic E-state index is 10.6. The van der Waals surface area contributed by atoms with E-state index in [1.807, 2.05) is 56.3 Å². The van der Waals surface area contributed by atoms with Gasteiger partial charge in [0, 0.05) is 10.6 Å². The van der Waals surface area contributed by atoms with Gasteiger partial charge in [0.15, 0.2) is 6.61 Å². The molecule has 26 heavy (non-hydrogen) atoms. The van der Waals surface area contributed by atoms with Crippen LogP contribution in [0.2, 0.25) is 0 Å². The molecule has 2 aromatic carbocycles. The quantitative estimate of drug-likeness (QED) is 0.502. The molecule has 5 heteroatoms. The van der Waals surface area contributed by atoms with Gasteiger partial charge in [0.05, 0.1) is 0 Å². The van der Waals surface area contributed by atoms with E-state index in [-0.39, 0.29) is 6.61 Å². The van der Waals surface area contributed by atoms with Gasteiger partial charge >= 0.3 is 5.97 Å². The number of aryl methyl sites for hydroxylation is 2. The minimum Gasteiger partial charge on any atom is -0.489 e. The number of carboxylic acid groups (broad SMARTS) is 1. The Kier molecular flexibility index (Phi) is 7.60. The van der Waals surface area contributed by atoms with Crippen molar-refractivity contribution < 1.29 is 19.4 Å². The van der Waals surface area contributed by atoms with Crippen LogP contribution >= 0.6 is 11.8 Å². The number of aliphatic carboxylic acids is 1. The monoisotopic (exact) mass is 372 g/mol. The zero-order valence-electron chi connectivity index (χ0n) is 15.3. The molecule has 0 aliphatic rings. The molecule has 0 saturated carbocycles. The van der Waals surface area contributed by atoms with E-state index in [1.54, 1.807) is 11.8 Å². The number of rotatable bonds is 9. The highest BCUT2D eigenvalue weighted by Gasteiger charge is 2.06. The van der Waals surface area contributed by atoms with Crippen LogP contribution < -0.4 is 9.47 Å². The minimum absolute atomic E-state index is 0.327. The second kappa shape index (κ2) is 9.92. The number of hydrogen-bond acceptors (Lipinski definition) is 4. The first kappa shape index (κ1) is 19.9. The van der Waals surface area contributed by atoms with E-state index < -0.39 is 5.97 Å². The van der Waals surface area contributed by atoms with Crippen molar-refractivity contribution in [2.24, 2.45) is 0 Å². The van der Waals surface area contributed by atoms with Crippen molar-refractivity contribution in [2.45, 2.75) is 25.7 Å². The average Bonchev–Trinajstić information content (AvgIpc) is 2.62. The topological polar surface area (TPSA) is 55.8 Å². The van der Waals surface area contributed by atoms with Crippen LogP contribution in [0.3, 0.4) is 0 Å². The van der Waals surface area contributed by atoms with Crippen LogP contribution in [0.5, 0.6) is 11.5 Å². The van der Waals surface area contributed by atoms with Crippen LogP contribution in [0.1, 0.15) is 18.1 Å². The zero-order chi connectivity index (χ0) is 18.9. The standard InChI is InChI=1S/C21H24O4S/c1-4-17(12-24-18-7-5-15(2)6-8-18)14-26-19-9-10-20(16(3)11-19)25-13-21(22)23/h4-11H,12-14H2,1-3H3,(H,22,23)/b17-4+. The molecule has 2 aromatic rings. The Balaban J connectivity index is 1.86. The summed E-state index contributed by atoms with van der Waals surface area (Å²) in [5, 5.41) is 8.69. The van der Waals surface area contributed by atoms with Gasteiger partial charge in [0.2, 0.25) is 0 Å². The number of allylic oxidation sites excluding steroid dienone is 1. The predicted octanol–water partition coefficient (Wildman–Crippen LogP) is 4.88. The number of hydrogen-bond donors (Lipinski definition) is 1. The molecule has 0 amide bonds. The third kappa shape index (κ3) is 6.48. The number of thioether (sulfide) groups is 1. The largest absolute Gasteiger partial charge is 0.489 e. The average molecular weight is 372 g/mol. The maximum Gasteiger partial charge on any atom is 0.341 e. The van der Waals surface area contributed by atoms with Crippen LogP contribution in [0.25, 0.3) is 0 Å². The fraction of sp³-hybridized carbons (Fsp3) is 0.286. The Hall–Kier alpha value is -2.40. The van der Waals surface area contributed by atoms with Gasteiger partial charge in [-0.1, -0.05) is 23.8 Å². The molecule has 0 aliphatic carbocycles. The minimum atomic E-state index is -0.978. The van der Waals surface area contributed by atoms with Crippen LogP contribution in [-0.2, 0) is 4.79 Å². The number of carboxylic acids is 1. The molecule has 0 aromatic heterocycles. The Morgan fingerprint density at radius 3 is 2.42 bits per heavy atom. The fourth-order valence-electron chi connectivity index (χ4n) is 2.21. The first-order valence-corrected chi connectivity index (χ1v) is 9.38. The molecule has 0 radical (unpaired) electrons. The summed E-state index contributed by atoms with van der Waals surface area (Å²) < 4.78 is 11.1. The molecule has 0 spiro atoms. The number of carbonyl (C=O) groups is 1. The highest BCUT2D eigenvalue weighted by atomic mass is 32.2. The summed E-state index contributed by atoms with van der Waals surface area (Å²) in [5.41, 5.74) is 3.35. The van der Waals surface area contributed by atoms with Crippen molar-refractivity contribution in [1.82, 2.24) is 0 Å². The van der Waals surface area contributed by atoms with E-state index >= 15 is 0 Å². The second-order valence-electron chi connectivity index (χ2n) is 5.95. The molecule has 0 unspecified atom stereocenters. The zero-order valence-corrected chi connectivity index (χ0v) is 16.1. The lowest BCUT2D eigenvalue weighted by Gasteiger charge is -2.11. The van der Waals surface area contributed by atoms with E-state index in [9.17, 15) is 4.79 Å². The summed E-state index contributed by atoms with van der Waals surface area (Å²) in [6.45, 7) is 6.22. The lowest BCUT2D eigenvalue weighted by molar-refractivity contribution is -0.139. The highest BCUT2D eigenvalue weighted by Crippen LogP contribution is 2.27. The van der Waals surface area contributed by atoms with Gasteiger partial charge < -0.3 is 14.6 Å². The van der Waals surface area contributed by atoms with E-state index in [2.05, 4.69) is 13.0 Å². The summed E-state index contributed by atoms with van der Waals surface area (Å²) in [6.07, 6.45) is 2.08. The van der Waals surface area contributed by atoms with Gasteiger partial charge in [-0.25, -0.2) is 4.79 Å². The summed E-state index contributed by atoms with van der Waals surface area (Å²) in [6, 6.07) is 13.8. The van der Waals surface area contributed by atoms with E-state index in [0.29, 0.717) is 12.4 Å². The summed E-state index contributed by atoms with van der Waals surface area (Å²) in [5.74, 6) is 1.33. The molecular weight excluding hydrogens is 348 g/mol. The Bertz CT molecular complexity index is 766. The molecule has 0 saturated heterocycles. The Morgan fingerprint density at radius 1 is 1.08 bits per heavy atom. The number of benzene rings is 2. The molecule has 0 bridgehead atoms. The van der Waals surface area contributed by atoms with Gasteiger partial charge in [-0.2, -0.15) is 0 Å². The lowest BCUT2D eigenvalue weighted by atomic mass is 10.2. The van der Waals surface area contributed by atoms with Crippen molar-refractivity contribution in [3.8, 4) is 11.5 Å². The van der Waals surface area contributed by atoms with Crippen molar-refractivity contribution in [3.63, 3.8) is 0 Å². The van der Waals surface area contributed by atoms with Crippen molar-refractivity contribution in [3.05, 3.63) is 65.2 Å². The SMILES string of the molecule is C/C=C(\COc1ccc(C)cc1)CSc1ccc(OCC(=O)O)c(C)c1. The highest BCUT2D eigenvalue weighted by molar-refractivity contribution is 7.99. The van der Waals surface area contributed by atoms with Gasteiger partial charge in [-0.3, -0.25) is 0 Å². The van der Waals surface area contributed by atoms with Crippen molar-refractivity contribution >= 4 is 17.7 Å². The van der Waals surface area contributed by atoms with Crippen molar-refractivity contribution in [2.75, 3.05) is 19.0 Å². The van der Waals surface area contributed by atoms with E-state index in [1.165, 1.54) is 11.1 Å². The van der Waals surface area contributed by atoms with Gasteiger partial charge in [0.25, 0.3) is 0 Å². The maximum atomic E-state index is 10.6. The van der Waals surface area contributed by atoms with E-state index in [4.69, 9.17) is 14.6 Å². The molecule has 138 valence electrons. The van der Waals surface area contributed by atoms with Gasteiger partial charge in [0.1, 0.15) is 18.1 Å². The smallest absolute Gasteiger partial charge is 0.341 e. The Morgan fingerprint density at radius 2 is 1.81 bits per heavy atom. The fourth-order valence-corrected chi connectivity index (χ4v) is 3.23. The number of ether oxygens (including phenoxy) is 2. The normalized spacial score (nSPS) is 11.3. The molecule has 2 rings (SSSR count). The molecule has 0 atom stereocenters. The van der Waals surface area contributed by atoms with Crippen LogP contribution in [0.4, 0.5) is 0 Å². The van der Waals surface area contributed by atoms with Gasteiger partial charge in [-0.05, 0) is 62.2 Å². The Labute approximate surface area is 158 Å². The molecule has 0 fully saturated rings. The third-order valence-corrected chi connectivity index (χ3v) is 4.88. The summed E-state index contributed by atoms with van der Waals surface area (Å²) >= 11 is 1.72. The summed E-state index contributed by atoms with van der Waals surface area (Å²) in [7, 11) is 0.